The Morgan fingerprint density at radius 1 is 1.00 bits per heavy atom. The van der Waals surface area contributed by atoms with Gasteiger partial charge in [0.25, 0.3) is 0 Å². The van der Waals surface area contributed by atoms with Crippen LogP contribution in [0.4, 0.5) is 0 Å². The van der Waals surface area contributed by atoms with Crippen molar-refractivity contribution >= 4 is 11.9 Å². The second-order valence-electron chi connectivity index (χ2n) is 7.77. The third-order valence-electron chi connectivity index (χ3n) is 4.91. The van der Waals surface area contributed by atoms with E-state index in [2.05, 4.69) is 49.3 Å². The molecule has 1 aromatic carbocycles. The van der Waals surface area contributed by atoms with Crippen molar-refractivity contribution in [3.05, 3.63) is 48.0 Å². The van der Waals surface area contributed by atoms with Gasteiger partial charge in [0.15, 0.2) is 0 Å². The SMILES string of the molecule is CN(C)CCCOC1(Cc2ccccc2)CCCCCC1.O=C(O)C=CC(=O)O. The highest BCUT2D eigenvalue weighted by atomic mass is 16.5. The second kappa shape index (κ2) is 13.9. The molecule has 0 aromatic heterocycles. The lowest BCUT2D eigenvalue weighted by molar-refractivity contribution is -0.134. The molecule has 2 rings (SSSR count). The summed E-state index contributed by atoms with van der Waals surface area (Å²) >= 11 is 0. The van der Waals surface area contributed by atoms with E-state index in [1.54, 1.807) is 0 Å². The fraction of sp³-hybridized carbons (Fsp3) is 0.565. The smallest absolute Gasteiger partial charge is 0.328 e. The van der Waals surface area contributed by atoms with E-state index in [1.807, 2.05) is 0 Å². The molecule has 0 bridgehead atoms. The molecule has 0 heterocycles. The molecule has 1 aromatic rings. The molecule has 2 N–H and O–H groups in total. The van der Waals surface area contributed by atoms with Crippen LogP contribution in [0.2, 0.25) is 0 Å². The molecule has 0 aliphatic heterocycles. The van der Waals surface area contributed by atoms with Crippen LogP contribution >= 0.6 is 0 Å². The average molecular weight is 406 g/mol. The van der Waals surface area contributed by atoms with Crippen LogP contribution < -0.4 is 0 Å². The van der Waals surface area contributed by atoms with E-state index in [-0.39, 0.29) is 5.60 Å². The maximum Gasteiger partial charge on any atom is 0.328 e. The predicted molar refractivity (Wildman–Crippen MR) is 114 cm³/mol. The first kappa shape index (κ1) is 24.9. The van der Waals surface area contributed by atoms with Crippen molar-refractivity contribution in [2.75, 3.05) is 27.2 Å². The fourth-order valence-electron chi connectivity index (χ4n) is 3.52. The Balaban J connectivity index is 0.000000447. The van der Waals surface area contributed by atoms with E-state index >= 15 is 0 Å². The van der Waals surface area contributed by atoms with Gasteiger partial charge in [-0.05, 0) is 45.5 Å². The summed E-state index contributed by atoms with van der Waals surface area (Å²) in [4.78, 5) is 21.3. The summed E-state index contributed by atoms with van der Waals surface area (Å²) in [6.07, 6.45) is 11.2. The minimum atomic E-state index is -1.26. The summed E-state index contributed by atoms with van der Waals surface area (Å²) in [7, 11) is 4.26. The quantitative estimate of drug-likeness (QED) is 0.367. The molecule has 0 radical (unpaired) electrons. The van der Waals surface area contributed by atoms with Crippen molar-refractivity contribution in [2.24, 2.45) is 0 Å². The van der Waals surface area contributed by atoms with E-state index in [0.717, 1.165) is 26.0 Å². The standard InChI is InChI=1S/C19H31NO.C4H4O4/c1-20(2)15-10-16-21-19(13-8-3-4-9-14-19)17-18-11-6-5-7-12-18;5-3(6)1-2-4(7)8/h5-7,11-12H,3-4,8-10,13-17H2,1-2H3;1-2H,(H,5,6)(H,7,8). The maximum atomic E-state index is 9.55. The van der Waals surface area contributed by atoms with Crippen LogP contribution in [0.25, 0.3) is 0 Å². The molecule has 162 valence electrons. The number of carboxylic acid groups (broad SMARTS) is 2. The number of carbonyl (C=O) groups is 2. The first-order valence-corrected chi connectivity index (χ1v) is 10.3. The van der Waals surface area contributed by atoms with E-state index < -0.39 is 11.9 Å². The zero-order valence-electron chi connectivity index (χ0n) is 17.7. The minimum Gasteiger partial charge on any atom is -0.478 e. The first-order valence-electron chi connectivity index (χ1n) is 10.3. The number of hydrogen-bond donors (Lipinski definition) is 2. The molecular formula is C23H35NO5. The Morgan fingerprint density at radius 2 is 1.55 bits per heavy atom. The lowest BCUT2D eigenvalue weighted by Gasteiger charge is -2.33. The van der Waals surface area contributed by atoms with Crippen molar-refractivity contribution in [1.82, 2.24) is 4.90 Å². The van der Waals surface area contributed by atoms with Gasteiger partial charge in [0.05, 0.1) is 5.60 Å². The third-order valence-corrected chi connectivity index (χ3v) is 4.91. The monoisotopic (exact) mass is 405 g/mol. The molecule has 1 fully saturated rings. The van der Waals surface area contributed by atoms with E-state index in [4.69, 9.17) is 14.9 Å². The van der Waals surface area contributed by atoms with Gasteiger partial charge in [0.1, 0.15) is 0 Å². The van der Waals surface area contributed by atoms with Crippen molar-refractivity contribution in [3.63, 3.8) is 0 Å². The van der Waals surface area contributed by atoms with Crippen LogP contribution in [-0.2, 0) is 20.7 Å². The highest BCUT2D eigenvalue weighted by Crippen LogP contribution is 2.33. The summed E-state index contributed by atoms with van der Waals surface area (Å²) in [5.41, 5.74) is 1.51. The molecule has 1 aliphatic carbocycles. The summed E-state index contributed by atoms with van der Waals surface area (Å²) in [5, 5.41) is 15.6. The highest BCUT2D eigenvalue weighted by molar-refractivity contribution is 5.89. The van der Waals surface area contributed by atoms with Gasteiger partial charge in [0, 0.05) is 25.2 Å². The summed E-state index contributed by atoms with van der Waals surface area (Å²) < 4.78 is 6.48. The minimum absolute atomic E-state index is 0.0875. The molecule has 0 atom stereocenters. The summed E-state index contributed by atoms with van der Waals surface area (Å²) in [6, 6.07) is 10.9. The molecule has 6 heteroatoms. The fourth-order valence-corrected chi connectivity index (χ4v) is 3.52. The number of nitrogens with zero attached hydrogens (tertiary/aromatic N) is 1. The van der Waals surface area contributed by atoms with Crippen molar-refractivity contribution < 1.29 is 24.5 Å². The van der Waals surface area contributed by atoms with E-state index in [0.29, 0.717) is 12.2 Å². The zero-order chi connectivity index (χ0) is 21.5. The Bertz CT molecular complexity index is 603. The van der Waals surface area contributed by atoms with Gasteiger partial charge >= 0.3 is 11.9 Å². The van der Waals surface area contributed by atoms with Crippen LogP contribution in [0.1, 0.15) is 50.5 Å². The Hall–Kier alpha value is -2.18. The largest absolute Gasteiger partial charge is 0.478 e. The normalized spacial score (nSPS) is 16.1. The average Bonchev–Trinajstić information content (AvgIpc) is 2.91. The van der Waals surface area contributed by atoms with Gasteiger partial charge in [-0.2, -0.15) is 0 Å². The number of rotatable bonds is 9. The van der Waals surface area contributed by atoms with Gasteiger partial charge in [-0.25, -0.2) is 9.59 Å². The number of benzene rings is 1. The molecule has 1 saturated carbocycles. The molecule has 29 heavy (non-hydrogen) atoms. The zero-order valence-corrected chi connectivity index (χ0v) is 17.7. The van der Waals surface area contributed by atoms with Crippen LogP contribution in [0.3, 0.4) is 0 Å². The Morgan fingerprint density at radius 3 is 2.03 bits per heavy atom. The first-order chi connectivity index (χ1) is 13.8. The summed E-state index contributed by atoms with van der Waals surface area (Å²) in [5.74, 6) is -2.51. The molecule has 0 amide bonds. The Labute approximate surface area is 174 Å². The lowest BCUT2D eigenvalue weighted by Crippen LogP contribution is -2.35. The van der Waals surface area contributed by atoms with Crippen LogP contribution in [0, 0.1) is 0 Å². The maximum absolute atomic E-state index is 9.55. The van der Waals surface area contributed by atoms with Crippen LogP contribution in [0.15, 0.2) is 42.5 Å². The molecule has 6 nitrogen and oxygen atoms in total. The second-order valence-corrected chi connectivity index (χ2v) is 7.77. The van der Waals surface area contributed by atoms with Gasteiger partial charge in [-0.3, -0.25) is 0 Å². The van der Waals surface area contributed by atoms with Gasteiger partial charge in [0.2, 0.25) is 0 Å². The van der Waals surface area contributed by atoms with Gasteiger partial charge < -0.3 is 19.8 Å². The number of hydrogen-bond acceptors (Lipinski definition) is 4. The van der Waals surface area contributed by atoms with Crippen molar-refractivity contribution in [3.8, 4) is 0 Å². The van der Waals surface area contributed by atoms with E-state index in [9.17, 15) is 9.59 Å². The summed E-state index contributed by atoms with van der Waals surface area (Å²) in [6.45, 7) is 2.01. The van der Waals surface area contributed by atoms with Gasteiger partial charge in [-0.15, -0.1) is 0 Å². The Kier molecular flexibility index (Phi) is 11.9. The predicted octanol–water partition coefficient (Wildman–Crippen LogP) is 4.00. The third kappa shape index (κ3) is 12.1. The molecule has 0 saturated heterocycles. The molecule has 0 unspecified atom stereocenters. The van der Waals surface area contributed by atoms with Crippen LogP contribution in [-0.4, -0.2) is 59.9 Å². The van der Waals surface area contributed by atoms with Crippen LogP contribution in [0.5, 0.6) is 0 Å². The number of carboxylic acids is 2. The van der Waals surface area contributed by atoms with E-state index in [1.165, 1.54) is 44.1 Å². The number of aliphatic carboxylic acids is 2. The van der Waals surface area contributed by atoms with Crippen molar-refractivity contribution in [2.45, 2.75) is 57.0 Å². The van der Waals surface area contributed by atoms with Gasteiger partial charge in [-0.1, -0.05) is 56.0 Å². The highest BCUT2D eigenvalue weighted by Gasteiger charge is 2.31. The molecule has 1 aliphatic rings. The topological polar surface area (TPSA) is 87.1 Å². The number of ether oxygens (including phenoxy) is 1. The lowest BCUT2D eigenvalue weighted by atomic mass is 9.87. The molecular weight excluding hydrogens is 370 g/mol. The molecule has 0 spiro atoms. The van der Waals surface area contributed by atoms with Crippen molar-refractivity contribution in [1.29, 1.82) is 0 Å².